The van der Waals surface area contributed by atoms with E-state index in [-0.39, 0.29) is 22.5 Å². The first-order chi connectivity index (χ1) is 29.0. The van der Waals surface area contributed by atoms with Gasteiger partial charge in [0.1, 0.15) is 34.8 Å². The summed E-state index contributed by atoms with van der Waals surface area (Å²) in [6.45, 7) is 18.7. The largest absolute Gasteiger partial charge is 0.508 e. The van der Waals surface area contributed by atoms with Crippen molar-refractivity contribution in [1.82, 2.24) is 19.9 Å². The van der Waals surface area contributed by atoms with Gasteiger partial charge in [0.25, 0.3) is 0 Å². The summed E-state index contributed by atoms with van der Waals surface area (Å²) in [5.74, 6) is 2.92. The number of rotatable bonds is 10. The fourth-order valence-electron chi connectivity index (χ4n) is 8.02. The maximum Gasteiger partial charge on any atom is 0.229 e. The Morgan fingerprint density at radius 1 is 0.583 bits per heavy atom. The number of nitrogens with zero attached hydrogens (tertiary/aromatic N) is 6. The van der Waals surface area contributed by atoms with E-state index in [9.17, 15) is 8.78 Å². The molecule has 12 nitrogen and oxygen atoms in total. The Bertz CT molecular complexity index is 2460. The van der Waals surface area contributed by atoms with E-state index in [1.165, 1.54) is 38.5 Å². The molecule has 6 aromatic rings. The molecule has 0 unspecified atom stereocenters. The van der Waals surface area contributed by atoms with Gasteiger partial charge in [-0.2, -0.15) is 9.97 Å². The number of hydrogen-bond acceptors (Lipinski definition) is 10. The van der Waals surface area contributed by atoms with Crippen LogP contribution in [0.2, 0.25) is 0 Å². The molecule has 0 saturated heterocycles. The molecule has 2 aromatic heterocycles. The molecule has 2 aliphatic carbocycles. The first kappa shape index (κ1) is 40.9. The summed E-state index contributed by atoms with van der Waals surface area (Å²) >= 11 is 0. The quantitative estimate of drug-likeness (QED) is 0.0994. The summed E-state index contributed by atoms with van der Waals surface area (Å²) in [5, 5.41) is 12.8. The van der Waals surface area contributed by atoms with Crippen molar-refractivity contribution in [3.63, 3.8) is 0 Å². The Morgan fingerprint density at radius 3 is 1.30 bits per heavy atom. The molecule has 0 spiro atoms. The Hall–Kier alpha value is -7.32. The number of benzene rings is 4. The zero-order valence-electron chi connectivity index (χ0n) is 34.2. The van der Waals surface area contributed by atoms with Gasteiger partial charge in [0, 0.05) is 47.4 Å². The van der Waals surface area contributed by atoms with Crippen LogP contribution in [0.1, 0.15) is 60.3 Å². The highest BCUT2D eigenvalue weighted by atomic mass is 19.1. The average Bonchev–Trinajstić information content (AvgIpc) is 3.80. The Kier molecular flexibility index (Phi) is 11.5. The van der Waals surface area contributed by atoms with Gasteiger partial charge in [0.2, 0.25) is 23.3 Å². The van der Waals surface area contributed by atoms with E-state index in [4.69, 9.17) is 32.6 Å². The molecular weight excluding hydrogens is 763 g/mol. The van der Waals surface area contributed by atoms with E-state index in [1.54, 1.807) is 36.4 Å². The number of nitrogens with one attached hydrogen (secondary N) is 4. The third-order valence-corrected chi connectivity index (χ3v) is 11.4. The summed E-state index contributed by atoms with van der Waals surface area (Å²) in [5.41, 5.74) is 7.74. The monoisotopic (exact) mass is 806 g/mol. The summed E-state index contributed by atoms with van der Waals surface area (Å²) in [4.78, 5) is 25.9. The number of ether oxygens (including phenoxy) is 2. The van der Waals surface area contributed by atoms with Gasteiger partial charge in [-0.25, -0.2) is 28.4 Å². The van der Waals surface area contributed by atoms with Gasteiger partial charge in [-0.1, -0.05) is 36.4 Å². The molecule has 0 saturated carbocycles. The molecule has 2 atom stereocenters. The standard InChI is InChI=1S/2C23H22FN5O/c2*1-23(14-5-7-15(24)8-6-14)12-11-17-20(23)28-22(29-21(17)26-3)27-16-9-10-18(25-2)19(13-16)30-4/h2*5-10,13H,11-12H2,1,3-4H3,(H2,26,27,28,29)/t2*23-/m10/s1. The van der Waals surface area contributed by atoms with Crippen LogP contribution in [-0.4, -0.2) is 48.3 Å². The van der Waals surface area contributed by atoms with Crippen LogP contribution in [0.15, 0.2) is 84.9 Å². The Labute approximate surface area is 348 Å². The highest BCUT2D eigenvalue weighted by Crippen LogP contribution is 2.47. The van der Waals surface area contributed by atoms with Gasteiger partial charge in [0.05, 0.1) is 38.8 Å². The van der Waals surface area contributed by atoms with Crippen molar-refractivity contribution < 1.29 is 18.3 Å². The summed E-state index contributed by atoms with van der Waals surface area (Å²) in [6, 6.07) is 23.8. The second-order valence-corrected chi connectivity index (χ2v) is 14.9. The number of methoxy groups -OCH3 is 2. The van der Waals surface area contributed by atoms with E-state index in [0.717, 1.165) is 82.3 Å². The van der Waals surface area contributed by atoms with E-state index >= 15 is 0 Å². The van der Waals surface area contributed by atoms with Gasteiger partial charge < -0.3 is 30.7 Å². The van der Waals surface area contributed by atoms with Crippen molar-refractivity contribution in [2.45, 2.75) is 50.4 Å². The van der Waals surface area contributed by atoms with Crippen molar-refractivity contribution in [1.29, 1.82) is 0 Å². The van der Waals surface area contributed by atoms with E-state index < -0.39 is 0 Å². The molecule has 0 bridgehead atoms. The van der Waals surface area contributed by atoms with E-state index in [0.29, 0.717) is 34.8 Å². The fourth-order valence-corrected chi connectivity index (χ4v) is 8.02. The van der Waals surface area contributed by atoms with Crippen LogP contribution in [-0.2, 0) is 23.7 Å². The van der Waals surface area contributed by atoms with Crippen LogP contribution < -0.4 is 30.7 Å². The second kappa shape index (κ2) is 16.9. The van der Waals surface area contributed by atoms with Crippen molar-refractivity contribution in [2.75, 3.05) is 49.6 Å². The van der Waals surface area contributed by atoms with Gasteiger partial charge >= 0.3 is 0 Å². The van der Waals surface area contributed by atoms with Crippen LogP contribution in [0.25, 0.3) is 9.69 Å². The molecule has 304 valence electrons. The third-order valence-electron chi connectivity index (χ3n) is 11.4. The number of hydrogen-bond donors (Lipinski definition) is 4. The maximum absolute atomic E-state index is 13.5. The van der Waals surface area contributed by atoms with Crippen molar-refractivity contribution >= 4 is 46.3 Å². The van der Waals surface area contributed by atoms with Gasteiger partial charge in [-0.3, -0.25) is 0 Å². The minimum atomic E-state index is -0.334. The number of aromatic nitrogens is 4. The first-order valence-corrected chi connectivity index (χ1v) is 19.3. The zero-order chi connectivity index (χ0) is 42.6. The lowest BCUT2D eigenvalue weighted by Crippen LogP contribution is -2.22. The second-order valence-electron chi connectivity index (χ2n) is 14.9. The van der Waals surface area contributed by atoms with Crippen LogP contribution in [0.5, 0.6) is 11.5 Å². The molecule has 2 heterocycles. The first-order valence-electron chi connectivity index (χ1n) is 19.3. The molecule has 2 aliphatic rings. The molecule has 14 heteroatoms. The zero-order valence-corrected chi connectivity index (χ0v) is 34.2. The number of anilines is 6. The lowest BCUT2D eigenvalue weighted by Gasteiger charge is -2.25. The highest BCUT2D eigenvalue weighted by Gasteiger charge is 2.41. The van der Waals surface area contributed by atoms with Crippen LogP contribution in [0.3, 0.4) is 0 Å². The average molecular weight is 807 g/mol. The highest BCUT2D eigenvalue weighted by molar-refractivity contribution is 5.69. The normalized spacial score (nSPS) is 17.2. The van der Waals surface area contributed by atoms with Crippen molar-refractivity contribution in [3.8, 4) is 11.5 Å². The fraction of sp³-hybridized carbons (Fsp3) is 0.261. The van der Waals surface area contributed by atoms with E-state index in [1.807, 2.05) is 38.4 Å². The van der Waals surface area contributed by atoms with Gasteiger partial charge in [-0.15, -0.1) is 0 Å². The summed E-state index contributed by atoms with van der Waals surface area (Å²) < 4.78 is 37.5. The van der Waals surface area contributed by atoms with Crippen molar-refractivity contribution in [3.05, 3.63) is 153 Å². The summed E-state index contributed by atoms with van der Waals surface area (Å²) in [7, 11) is 6.75. The van der Waals surface area contributed by atoms with Gasteiger partial charge in [-0.05, 0) is 99.2 Å². The van der Waals surface area contributed by atoms with Crippen LogP contribution >= 0.6 is 0 Å². The van der Waals surface area contributed by atoms with Gasteiger partial charge in [0.15, 0.2) is 0 Å². The molecule has 0 aliphatic heterocycles. The van der Waals surface area contributed by atoms with E-state index in [2.05, 4.69) is 54.8 Å². The van der Waals surface area contributed by atoms with Crippen LogP contribution in [0, 0.1) is 24.8 Å². The molecular formula is C46H44F2N10O2. The third kappa shape index (κ3) is 7.79. The molecule has 0 radical (unpaired) electrons. The van der Waals surface area contributed by atoms with Crippen LogP contribution in [0.4, 0.5) is 55.1 Å². The maximum atomic E-state index is 13.5. The van der Waals surface area contributed by atoms with Crippen molar-refractivity contribution in [2.24, 2.45) is 0 Å². The number of fused-ring (bicyclic) bond motifs is 2. The Morgan fingerprint density at radius 2 is 0.967 bits per heavy atom. The smallest absolute Gasteiger partial charge is 0.229 e. The molecule has 4 aromatic carbocycles. The predicted octanol–water partition coefficient (Wildman–Crippen LogP) is 10.4. The molecule has 0 fully saturated rings. The lowest BCUT2D eigenvalue weighted by atomic mass is 9.80. The predicted molar refractivity (Wildman–Crippen MR) is 231 cm³/mol. The molecule has 8 rings (SSSR count). The molecule has 60 heavy (non-hydrogen) atoms. The topological polar surface area (TPSA) is 127 Å². The lowest BCUT2D eigenvalue weighted by molar-refractivity contribution is 0.417. The number of halogens is 2. The molecule has 0 amide bonds. The molecule has 4 N–H and O–H groups in total. The summed E-state index contributed by atoms with van der Waals surface area (Å²) in [6.07, 6.45) is 3.42. The minimum absolute atomic E-state index is 0.252. The SMILES string of the molecule is [C-]#[N+]c1ccc(Nc2nc(NC)c3c(n2)[C@@](C)(c2ccc(F)cc2)CC3)cc1OC.[C-]#[N+]c1ccc(Nc2nc(NC)c3c(n2)[C@](C)(c2ccc(F)cc2)CC3)cc1OC. The minimum Gasteiger partial charge on any atom is -0.508 e. The Balaban J connectivity index is 0.000000181.